The van der Waals surface area contributed by atoms with Crippen LogP contribution in [-0.2, 0) is 9.84 Å². The van der Waals surface area contributed by atoms with Crippen LogP contribution >= 0.6 is 0 Å². The van der Waals surface area contributed by atoms with E-state index in [1.54, 1.807) is 6.92 Å². The highest BCUT2D eigenvalue weighted by Gasteiger charge is 2.17. The summed E-state index contributed by atoms with van der Waals surface area (Å²) in [7, 11) is -3.37. The van der Waals surface area contributed by atoms with Gasteiger partial charge in [0.1, 0.15) is 11.5 Å². The number of rotatable bonds is 4. The van der Waals surface area contributed by atoms with Gasteiger partial charge in [0.05, 0.1) is 4.90 Å². The Kier molecular flexibility index (Phi) is 4.84. The quantitative estimate of drug-likeness (QED) is 0.669. The average molecular weight is 392 g/mol. The minimum atomic E-state index is -3.37. The summed E-state index contributed by atoms with van der Waals surface area (Å²) in [6.45, 7) is 1.57. The maximum absolute atomic E-state index is 13.4. The fourth-order valence-electron chi connectivity index (χ4n) is 2.45. The number of hydrogen-bond acceptors (Lipinski definition) is 5. The molecule has 5 nitrogen and oxygen atoms in total. The molecule has 0 aliphatic rings. The highest BCUT2D eigenvalue weighted by molar-refractivity contribution is 7.90. The Balaban J connectivity index is 2.10. The monoisotopic (exact) mass is 392 g/mol. The van der Waals surface area contributed by atoms with Gasteiger partial charge in [-0.2, -0.15) is 0 Å². The van der Waals surface area contributed by atoms with Gasteiger partial charge in [0.15, 0.2) is 21.5 Å². The Morgan fingerprint density at radius 3 is 2.22 bits per heavy atom. The standard InChI is InChI=1S/C19H14F2O5S/c1-11-9-15(12-3-6-14(7-4-12)27(2,23)24)18(19(22)25-11)26-13-5-8-16(20)17(21)10-13/h3-10H,1-2H3. The van der Waals surface area contributed by atoms with Crippen molar-refractivity contribution in [3.8, 4) is 22.6 Å². The van der Waals surface area contributed by atoms with Crippen LogP contribution in [0, 0.1) is 18.6 Å². The zero-order chi connectivity index (χ0) is 19.8. The minimum Gasteiger partial charge on any atom is -0.449 e. The first-order chi connectivity index (χ1) is 12.6. The number of halogens is 2. The smallest absolute Gasteiger partial charge is 0.379 e. The molecule has 3 aromatic rings. The van der Waals surface area contributed by atoms with E-state index in [1.807, 2.05) is 0 Å². The molecule has 0 fully saturated rings. The molecule has 0 aliphatic heterocycles. The summed E-state index contributed by atoms with van der Waals surface area (Å²) in [4.78, 5) is 12.4. The molecule has 0 saturated heterocycles. The molecule has 0 atom stereocenters. The van der Waals surface area contributed by atoms with Crippen molar-refractivity contribution in [2.45, 2.75) is 11.8 Å². The van der Waals surface area contributed by atoms with Crippen LogP contribution in [0.2, 0.25) is 0 Å². The van der Waals surface area contributed by atoms with Crippen molar-refractivity contribution in [1.82, 2.24) is 0 Å². The van der Waals surface area contributed by atoms with E-state index in [0.29, 0.717) is 16.9 Å². The molecule has 0 unspecified atom stereocenters. The molecule has 0 saturated carbocycles. The summed E-state index contributed by atoms with van der Waals surface area (Å²) in [5, 5.41) is 0. The second-order valence-corrected chi connectivity index (χ2v) is 7.88. The van der Waals surface area contributed by atoms with E-state index in [-0.39, 0.29) is 16.4 Å². The lowest BCUT2D eigenvalue weighted by Gasteiger charge is -2.11. The second kappa shape index (κ2) is 6.96. The number of hydrogen-bond donors (Lipinski definition) is 0. The molecule has 0 amide bonds. The van der Waals surface area contributed by atoms with Crippen LogP contribution in [0.4, 0.5) is 8.78 Å². The van der Waals surface area contributed by atoms with Gasteiger partial charge in [0.2, 0.25) is 5.75 Å². The van der Waals surface area contributed by atoms with Crippen LogP contribution in [0.5, 0.6) is 11.5 Å². The van der Waals surface area contributed by atoms with E-state index < -0.39 is 27.1 Å². The normalized spacial score (nSPS) is 11.4. The van der Waals surface area contributed by atoms with Crippen molar-refractivity contribution in [1.29, 1.82) is 0 Å². The highest BCUT2D eigenvalue weighted by Crippen LogP contribution is 2.32. The Bertz CT molecular complexity index is 1170. The summed E-state index contributed by atoms with van der Waals surface area (Å²) in [6, 6.07) is 10.2. The average Bonchev–Trinajstić information content (AvgIpc) is 2.59. The van der Waals surface area contributed by atoms with Gasteiger partial charge in [0.25, 0.3) is 0 Å². The van der Waals surface area contributed by atoms with Crippen molar-refractivity contribution in [2.24, 2.45) is 0 Å². The number of aryl methyl sites for hydroxylation is 1. The van der Waals surface area contributed by atoms with Crippen molar-refractivity contribution in [3.05, 3.63) is 76.3 Å². The maximum Gasteiger partial charge on any atom is 0.379 e. The lowest BCUT2D eigenvalue weighted by Crippen LogP contribution is -2.06. The predicted octanol–water partition coefficient (Wildman–Crippen LogP) is 4.09. The third-order valence-electron chi connectivity index (χ3n) is 3.74. The SMILES string of the molecule is Cc1cc(-c2ccc(S(C)(=O)=O)cc2)c(Oc2ccc(F)c(F)c2)c(=O)o1. The summed E-state index contributed by atoms with van der Waals surface area (Å²) >= 11 is 0. The summed E-state index contributed by atoms with van der Waals surface area (Å²) in [5.41, 5.74) is 0.0199. The highest BCUT2D eigenvalue weighted by atomic mass is 32.2. The van der Waals surface area contributed by atoms with Gasteiger partial charge < -0.3 is 9.15 Å². The van der Waals surface area contributed by atoms with Crippen LogP contribution < -0.4 is 10.4 Å². The summed E-state index contributed by atoms with van der Waals surface area (Å²) < 4.78 is 60.2. The zero-order valence-electron chi connectivity index (χ0n) is 14.3. The van der Waals surface area contributed by atoms with Crippen molar-refractivity contribution in [2.75, 3.05) is 6.26 Å². The van der Waals surface area contributed by atoms with Crippen LogP contribution in [0.3, 0.4) is 0 Å². The molecule has 2 aromatic carbocycles. The number of sulfone groups is 1. The third-order valence-corrected chi connectivity index (χ3v) is 4.86. The van der Waals surface area contributed by atoms with E-state index in [0.717, 1.165) is 18.4 Å². The van der Waals surface area contributed by atoms with Gasteiger partial charge in [-0.1, -0.05) is 12.1 Å². The summed E-state index contributed by atoms with van der Waals surface area (Å²) in [6.07, 6.45) is 1.08. The minimum absolute atomic E-state index is 0.0842. The largest absolute Gasteiger partial charge is 0.449 e. The van der Waals surface area contributed by atoms with Crippen LogP contribution in [0.1, 0.15) is 5.76 Å². The lowest BCUT2D eigenvalue weighted by molar-refractivity contribution is 0.406. The van der Waals surface area contributed by atoms with E-state index in [1.165, 1.54) is 36.4 Å². The topological polar surface area (TPSA) is 73.6 Å². The van der Waals surface area contributed by atoms with Crippen LogP contribution in [0.15, 0.2) is 62.6 Å². The molecule has 0 spiro atoms. The number of benzene rings is 2. The van der Waals surface area contributed by atoms with Gasteiger partial charge in [-0.3, -0.25) is 0 Å². The molecule has 27 heavy (non-hydrogen) atoms. The van der Waals surface area contributed by atoms with Crippen molar-refractivity contribution in [3.63, 3.8) is 0 Å². The molecule has 0 N–H and O–H groups in total. The van der Waals surface area contributed by atoms with Gasteiger partial charge in [-0.05, 0) is 42.8 Å². The lowest BCUT2D eigenvalue weighted by atomic mass is 10.1. The van der Waals surface area contributed by atoms with E-state index in [4.69, 9.17) is 9.15 Å². The Morgan fingerprint density at radius 2 is 1.63 bits per heavy atom. The summed E-state index contributed by atoms with van der Waals surface area (Å²) in [5.74, 6) is -2.17. The second-order valence-electron chi connectivity index (χ2n) is 5.86. The van der Waals surface area contributed by atoms with E-state index in [2.05, 4.69) is 0 Å². The third kappa shape index (κ3) is 4.06. The molecular formula is C19H14F2O5S. The molecule has 1 heterocycles. The molecular weight excluding hydrogens is 378 g/mol. The zero-order valence-corrected chi connectivity index (χ0v) is 15.1. The molecule has 3 rings (SSSR count). The Labute approximate surface area is 153 Å². The molecule has 0 bridgehead atoms. The van der Waals surface area contributed by atoms with E-state index in [9.17, 15) is 22.0 Å². The molecule has 0 aliphatic carbocycles. The molecule has 0 radical (unpaired) electrons. The van der Waals surface area contributed by atoms with Crippen LogP contribution in [0.25, 0.3) is 11.1 Å². The predicted molar refractivity (Wildman–Crippen MR) is 94.7 cm³/mol. The molecule has 1 aromatic heterocycles. The van der Waals surface area contributed by atoms with Crippen molar-refractivity contribution < 1.29 is 26.4 Å². The Hall–Kier alpha value is -3.00. The van der Waals surface area contributed by atoms with Gasteiger partial charge in [-0.15, -0.1) is 0 Å². The maximum atomic E-state index is 13.4. The fourth-order valence-corrected chi connectivity index (χ4v) is 3.08. The molecule has 140 valence electrons. The first-order valence-corrected chi connectivity index (χ1v) is 9.62. The van der Waals surface area contributed by atoms with E-state index >= 15 is 0 Å². The van der Waals surface area contributed by atoms with Crippen molar-refractivity contribution >= 4 is 9.84 Å². The first-order valence-electron chi connectivity index (χ1n) is 7.73. The van der Waals surface area contributed by atoms with Crippen LogP contribution in [-0.4, -0.2) is 14.7 Å². The Morgan fingerprint density at radius 1 is 0.963 bits per heavy atom. The number of ether oxygens (including phenoxy) is 1. The fraction of sp³-hybridized carbons (Fsp3) is 0.105. The molecule has 8 heteroatoms. The van der Waals surface area contributed by atoms with Gasteiger partial charge in [-0.25, -0.2) is 22.0 Å². The van der Waals surface area contributed by atoms with Gasteiger partial charge >= 0.3 is 5.63 Å². The first kappa shape index (κ1) is 18.8. The van der Waals surface area contributed by atoms with Gasteiger partial charge in [0, 0.05) is 17.9 Å².